The molecule has 0 N–H and O–H groups in total. The summed E-state index contributed by atoms with van der Waals surface area (Å²) in [5.74, 6) is 0. The molecule has 99 heavy (non-hydrogen) atoms. The smallest absolute Gasteiger partial charge is 0.0514 e. The second-order valence-corrected chi connectivity index (χ2v) is 48.1. The molecular formula is C97H190O2. The number of ether oxygens (including phenoxy) is 2. The number of allylic oxidation sites excluding steroid dienone is 2. The molecule has 0 aliphatic rings. The molecule has 0 amide bonds. The molecule has 0 atom stereocenters. The number of benzene rings is 2. The van der Waals surface area contributed by atoms with Crippen LogP contribution in [0, 0.1) is 75.8 Å². The topological polar surface area (TPSA) is 18.5 Å². The summed E-state index contributed by atoms with van der Waals surface area (Å²) >= 11 is 0. The van der Waals surface area contributed by atoms with Crippen molar-refractivity contribution in [3.63, 3.8) is 0 Å². The molecule has 0 aliphatic heterocycles. The Morgan fingerprint density at radius 2 is 0.545 bits per heavy atom. The molecule has 0 heterocycles. The highest BCUT2D eigenvalue weighted by atomic mass is 16.5. The SMILES string of the molecule is CC(C)(C)C/C=C/CCC(C)(C)C.CC(C)(C)CCCC(C)(C)C.CC(C)(C)CCCCCC(C)(C)C.CC(C)(C)CCCOCC(C)(C)C.CC(C)(C)COCCCC(C)(C)C(C)(C)C.CC(C)(C)Cc1ccc(C(C)(C)C(C)(C)C)cc1.CC(C)(C)Cc1ccc(C(C)(C)C)cc1. The Balaban J connectivity index is -0.000000349. The Hall–Kier alpha value is -1.90. The first kappa shape index (κ1) is 106. The fourth-order valence-corrected chi connectivity index (χ4v) is 9.98. The van der Waals surface area contributed by atoms with E-state index >= 15 is 0 Å². The normalized spacial score (nSPS) is 13.6. The van der Waals surface area contributed by atoms with E-state index in [1.54, 1.807) is 0 Å². The minimum Gasteiger partial charge on any atom is -0.381 e. The molecule has 0 spiro atoms. The van der Waals surface area contributed by atoms with E-state index in [4.69, 9.17) is 9.47 Å². The maximum absolute atomic E-state index is 5.71. The van der Waals surface area contributed by atoms with Crippen molar-refractivity contribution in [1.29, 1.82) is 0 Å². The van der Waals surface area contributed by atoms with E-state index in [2.05, 4.69) is 379 Å². The maximum atomic E-state index is 5.71. The Labute approximate surface area is 629 Å². The van der Waals surface area contributed by atoms with E-state index in [9.17, 15) is 0 Å². The lowest BCUT2D eigenvalue weighted by atomic mass is 9.65. The first-order valence-corrected chi connectivity index (χ1v) is 40.4. The third-order valence-electron chi connectivity index (χ3n) is 18.4. The van der Waals surface area contributed by atoms with Crippen LogP contribution in [-0.2, 0) is 33.1 Å². The van der Waals surface area contributed by atoms with Gasteiger partial charge in [-0.05, 0) is 192 Å². The number of hydrogen-bond donors (Lipinski definition) is 0. The standard InChI is InChI=1S/C18H30.C15H32O.C15H24.C13H28.C13H26.C12H26O.C11H24/c1-16(2,3)13-14-9-11-15(12-10-14)18(7,8)17(4,5)6;1-13(2,3)12-16-11-9-10-15(7,8)14(4,5)6;1-14(2,3)11-12-7-9-13(10-8-12)15(4,5)6;2*1-12(2,3)10-8-7-9-11-13(4,5)6;1-11(2,3)8-7-9-13-10-12(4,5)6;1-10(2,3)8-7-9-11(4,5)6/h9-12H,13H2,1-8H3;9-12H2,1-8H3;7-10H,11H2,1-6H3;7-11H2,1-6H3;7-8H,9-11H2,1-6H3;7-10H2,1-6H3;7-9H2,1-6H3/b;;;;8-7+;;. The van der Waals surface area contributed by atoms with Crippen molar-refractivity contribution in [1.82, 2.24) is 0 Å². The summed E-state index contributed by atoms with van der Waals surface area (Å²) in [7, 11) is 0. The lowest BCUT2D eigenvalue weighted by Gasteiger charge is -2.39. The van der Waals surface area contributed by atoms with E-state index in [-0.39, 0.29) is 16.2 Å². The van der Waals surface area contributed by atoms with Crippen molar-refractivity contribution in [2.24, 2.45) is 75.8 Å². The molecule has 0 bridgehead atoms. The highest BCUT2D eigenvalue weighted by Crippen LogP contribution is 2.43. The highest BCUT2D eigenvalue weighted by molar-refractivity contribution is 5.30. The number of hydrogen-bond acceptors (Lipinski definition) is 2. The fourth-order valence-electron chi connectivity index (χ4n) is 9.98. The van der Waals surface area contributed by atoms with Crippen molar-refractivity contribution < 1.29 is 9.47 Å². The van der Waals surface area contributed by atoms with E-state index in [0.717, 1.165) is 39.3 Å². The van der Waals surface area contributed by atoms with Gasteiger partial charge >= 0.3 is 0 Å². The Bertz CT molecular complexity index is 2200. The average Bonchev–Trinajstić information content (AvgIpc) is 0.800. The van der Waals surface area contributed by atoms with Crippen LogP contribution in [0.3, 0.4) is 0 Å². The summed E-state index contributed by atoms with van der Waals surface area (Å²) < 4.78 is 11.3. The van der Waals surface area contributed by atoms with Gasteiger partial charge in [-0.1, -0.05) is 405 Å². The molecule has 0 aliphatic carbocycles. The van der Waals surface area contributed by atoms with Crippen LogP contribution in [0.5, 0.6) is 0 Å². The Kier molecular flexibility index (Phi) is 48.0. The minimum atomic E-state index is 0.202. The van der Waals surface area contributed by atoms with Crippen molar-refractivity contribution >= 4 is 0 Å². The van der Waals surface area contributed by atoms with Crippen LogP contribution in [0.4, 0.5) is 0 Å². The number of rotatable bonds is 21. The predicted molar refractivity (Wildman–Crippen MR) is 459 cm³/mol. The summed E-state index contributed by atoms with van der Waals surface area (Å²) in [5, 5.41) is 0. The molecule has 590 valence electrons. The number of unbranched alkanes of at least 4 members (excludes halogenated alkanes) is 2. The van der Waals surface area contributed by atoms with Gasteiger partial charge in [0.25, 0.3) is 0 Å². The van der Waals surface area contributed by atoms with E-state index in [1.165, 1.54) is 119 Å². The van der Waals surface area contributed by atoms with Crippen molar-refractivity contribution in [3.05, 3.63) is 82.9 Å². The van der Waals surface area contributed by atoms with Gasteiger partial charge in [0.2, 0.25) is 0 Å². The third-order valence-corrected chi connectivity index (χ3v) is 18.4. The van der Waals surface area contributed by atoms with Gasteiger partial charge in [0, 0.05) is 13.2 Å². The van der Waals surface area contributed by atoms with Gasteiger partial charge in [0.1, 0.15) is 0 Å². The van der Waals surface area contributed by atoms with E-state index in [0.29, 0.717) is 70.4 Å². The van der Waals surface area contributed by atoms with Crippen LogP contribution in [0.1, 0.15) is 437 Å². The fraction of sp³-hybridized carbons (Fsp3) is 0.856. The summed E-state index contributed by atoms with van der Waals surface area (Å²) in [6.07, 6.45) is 26.5. The second kappa shape index (κ2) is 44.9. The first-order chi connectivity index (χ1) is 43.4. The average molecular weight is 1390 g/mol. The van der Waals surface area contributed by atoms with Crippen LogP contribution in [0.25, 0.3) is 0 Å². The molecule has 0 aromatic heterocycles. The Morgan fingerprint density at radius 3 is 0.808 bits per heavy atom. The molecule has 0 unspecified atom stereocenters. The molecule has 0 saturated heterocycles. The molecular weight excluding hydrogens is 1200 g/mol. The van der Waals surface area contributed by atoms with E-state index < -0.39 is 0 Å². The monoisotopic (exact) mass is 1390 g/mol. The Morgan fingerprint density at radius 1 is 0.253 bits per heavy atom. The van der Waals surface area contributed by atoms with Crippen molar-refractivity contribution in [2.75, 3.05) is 26.4 Å². The lowest BCUT2D eigenvalue weighted by molar-refractivity contribution is 0.0507. The zero-order valence-corrected chi connectivity index (χ0v) is 77.4. The summed E-state index contributed by atoms with van der Waals surface area (Å²) in [4.78, 5) is 0. The lowest BCUT2D eigenvalue weighted by Crippen LogP contribution is -2.33. The molecule has 2 aromatic rings. The third kappa shape index (κ3) is 75.6. The molecule has 2 aromatic carbocycles. The van der Waals surface area contributed by atoms with Crippen molar-refractivity contribution in [2.45, 2.75) is 438 Å². The summed E-state index contributed by atoms with van der Waals surface area (Å²) in [6.45, 7) is 109. The zero-order valence-electron chi connectivity index (χ0n) is 77.4. The van der Waals surface area contributed by atoms with Crippen molar-refractivity contribution in [3.8, 4) is 0 Å². The van der Waals surface area contributed by atoms with Gasteiger partial charge in [-0.15, -0.1) is 0 Å². The van der Waals surface area contributed by atoms with Crippen LogP contribution in [-0.4, -0.2) is 26.4 Å². The minimum absolute atomic E-state index is 0.202. The molecule has 2 rings (SSSR count). The molecule has 2 heteroatoms. The van der Waals surface area contributed by atoms with Gasteiger partial charge < -0.3 is 9.47 Å². The van der Waals surface area contributed by atoms with Gasteiger partial charge in [-0.2, -0.15) is 0 Å². The van der Waals surface area contributed by atoms with Crippen LogP contribution in [0.2, 0.25) is 0 Å². The quantitative estimate of drug-likeness (QED) is 0.0916. The van der Waals surface area contributed by atoms with Crippen LogP contribution >= 0.6 is 0 Å². The molecule has 0 radical (unpaired) electrons. The van der Waals surface area contributed by atoms with Gasteiger partial charge in [0.05, 0.1) is 13.2 Å². The van der Waals surface area contributed by atoms with Gasteiger partial charge in [-0.25, -0.2) is 0 Å². The molecule has 0 fully saturated rings. The van der Waals surface area contributed by atoms with Gasteiger partial charge in [0.15, 0.2) is 0 Å². The largest absolute Gasteiger partial charge is 0.381 e. The second-order valence-electron chi connectivity index (χ2n) is 48.1. The van der Waals surface area contributed by atoms with Gasteiger partial charge in [-0.3, -0.25) is 0 Å². The predicted octanol–water partition coefficient (Wildman–Crippen LogP) is 33.0. The highest BCUT2D eigenvalue weighted by Gasteiger charge is 2.35. The molecule has 0 saturated carbocycles. The first-order valence-electron chi connectivity index (χ1n) is 40.4. The molecule has 2 nitrogen and oxygen atoms in total. The summed E-state index contributed by atoms with van der Waals surface area (Å²) in [5.41, 5.74) is 12.0. The maximum Gasteiger partial charge on any atom is 0.0514 e. The van der Waals surface area contributed by atoms with E-state index in [1.807, 2.05) is 0 Å². The zero-order chi connectivity index (χ0) is 79.6. The summed E-state index contributed by atoms with van der Waals surface area (Å²) in [6, 6.07) is 18.3. The van der Waals surface area contributed by atoms with Crippen LogP contribution < -0.4 is 0 Å². The van der Waals surface area contributed by atoms with Crippen LogP contribution in [0.15, 0.2) is 60.7 Å².